The van der Waals surface area contributed by atoms with Gasteiger partial charge < -0.3 is 0 Å². The van der Waals surface area contributed by atoms with E-state index in [9.17, 15) is 4.91 Å². The monoisotopic (exact) mass is 165 g/mol. The Balaban J connectivity index is 2.38. The predicted molar refractivity (Wildman–Crippen MR) is 46.4 cm³/mol. The molecule has 0 radical (unpaired) electrons. The van der Waals surface area contributed by atoms with E-state index in [-0.39, 0.29) is 0 Å². The van der Waals surface area contributed by atoms with Crippen LogP contribution < -0.4 is 0 Å². The number of likely N-dealkylation sites (N-methyl/N-ethyl adjacent to an activating group) is 1. The molecule has 1 aromatic rings. The predicted octanol–water partition coefficient (Wildman–Crippen LogP) is 1.24. The molecule has 0 aliphatic carbocycles. The van der Waals surface area contributed by atoms with Crippen LogP contribution in [0.2, 0.25) is 0 Å². The Bertz CT molecular complexity index is 237. The van der Waals surface area contributed by atoms with Gasteiger partial charge in [0.15, 0.2) is 0 Å². The van der Waals surface area contributed by atoms with Crippen LogP contribution in [0.1, 0.15) is 5.69 Å². The number of nitrogens with zero attached hydrogens (tertiary/aromatic N) is 3. The Morgan fingerprint density at radius 3 is 3.00 bits per heavy atom. The molecule has 0 atom stereocenters. The summed E-state index contributed by atoms with van der Waals surface area (Å²) in [4.78, 5) is 14.1. The second-order valence-corrected chi connectivity index (χ2v) is 2.53. The number of hydrogen-bond donors (Lipinski definition) is 0. The van der Waals surface area contributed by atoms with Gasteiger partial charge in [-0.05, 0) is 12.1 Å². The average Bonchev–Trinajstić information content (AvgIpc) is 2.16. The van der Waals surface area contributed by atoms with E-state index in [4.69, 9.17) is 0 Å². The smallest absolute Gasteiger partial charge is 0.0521 e. The zero-order valence-corrected chi connectivity index (χ0v) is 6.97. The van der Waals surface area contributed by atoms with Crippen molar-refractivity contribution in [3.05, 3.63) is 35.0 Å². The van der Waals surface area contributed by atoms with E-state index >= 15 is 0 Å². The highest BCUT2D eigenvalue weighted by molar-refractivity contribution is 5.03. The van der Waals surface area contributed by atoms with Crippen molar-refractivity contribution >= 4 is 0 Å². The minimum Gasteiger partial charge on any atom is -0.264 e. The fraction of sp³-hybridized carbons (Fsp3) is 0.375. The summed E-state index contributed by atoms with van der Waals surface area (Å²) in [5.41, 5.74) is 0.980. The zero-order chi connectivity index (χ0) is 8.81. The highest BCUT2D eigenvalue weighted by Gasteiger charge is 1.96. The summed E-state index contributed by atoms with van der Waals surface area (Å²) in [5.74, 6) is 0. The van der Waals surface area contributed by atoms with Gasteiger partial charge in [-0.15, -0.1) is 4.91 Å². The Hall–Kier alpha value is -1.45. The quantitative estimate of drug-likeness (QED) is 0.498. The van der Waals surface area contributed by atoms with E-state index < -0.39 is 0 Å². The fourth-order valence-corrected chi connectivity index (χ4v) is 0.863. The maximum atomic E-state index is 9.98. The normalized spacial score (nSPS) is 9.42. The first-order valence-corrected chi connectivity index (χ1v) is 3.77. The number of pyridine rings is 1. The molecule has 64 valence electrons. The van der Waals surface area contributed by atoms with Crippen LogP contribution in [0.5, 0.6) is 0 Å². The summed E-state index contributed by atoms with van der Waals surface area (Å²) in [6, 6.07) is 5.72. The lowest BCUT2D eigenvalue weighted by Crippen LogP contribution is -2.14. The summed E-state index contributed by atoms with van der Waals surface area (Å²) in [6.45, 7) is 0.612. The van der Waals surface area contributed by atoms with Gasteiger partial charge in [0.2, 0.25) is 0 Å². The summed E-state index contributed by atoms with van der Waals surface area (Å²) >= 11 is 0. The van der Waals surface area contributed by atoms with Crippen LogP contribution in [0, 0.1) is 4.91 Å². The van der Waals surface area contributed by atoms with Crippen LogP contribution in [0.3, 0.4) is 0 Å². The van der Waals surface area contributed by atoms with E-state index in [1.807, 2.05) is 18.2 Å². The second kappa shape index (κ2) is 4.43. The Morgan fingerprint density at radius 1 is 1.58 bits per heavy atom. The lowest BCUT2D eigenvalue weighted by atomic mass is 10.3. The molecule has 0 aromatic carbocycles. The molecule has 0 N–H and O–H groups in total. The molecule has 0 unspecified atom stereocenters. The number of hydrogen-bond acceptors (Lipinski definition) is 3. The largest absolute Gasteiger partial charge is 0.264 e. The van der Waals surface area contributed by atoms with Gasteiger partial charge >= 0.3 is 0 Å². The third-order valence-corrected chi connectivity index (χ3v) is 1.56. The van der Waals surface area contributed by atoms with E-state index in [0.29, 0.717) is 6.54 Å². The Kier molecular flexibility index (Phi) is 3.19. The van der Waals surface area contributed by atoms with Gasteiger partial charge in [0.1, 0.15) is 0 Å². The van der Waals surface area contributed by atoms with Gasteiger partial charge in [0.05, 0.1) is 5.29 Å². The minimum atomic E-state index is 0.612. The van der Waals surface area contributed by atoms with Gasteiger partial charge in [-0.25, -0.2) is 0 Å². The first kappa shape index (κ1) is 8.64. The molecular formula is C8H11N3O. The topological polar surface area (TPSA) is 45.6 Å². The molecule has 0 bridgehead atoms. The van der Waals surface area contributed by atoms with Crippen LogP contribution in [-0.4, -0.2) is 23.6 Å². The van der Waals surface area contributed by atoms with Crippen molar-refractivity contribution in [1.29, 1.82) is 0 Å². The van der Waals surface area contributed by atoms with Crippen molar-refractivity contribution in [3.63, 3.8) is 0 Å². The molecule has 1 rings (SSSR count). The molecule has 12 heavy (non-hydrogen) atoms. The summed E-state index contributed by atoms with van der Waals surface area (Å²) in [6.07, 6.45) is 2.49. The van der Waals surface area contributed by atoms with Gasteiger partial charge in [-0.1, -0.05) is 6.07 Å². The Labute approximate surface area is 71.2 Å². The average molecular weight is 165 g/mol. The van der Waals surface area contributed by atoms with E-state index in [2.05, 4.69) is 10.3 Å². The molecular weight excluding hydrogens is 154 g/mol. The van der Waals surface area contributed by atoms with Crippen LogP contribution in [0.4, 0.5) is 0 Å². The summed E-state index contributed by atoms with van der Waals surface area (Å²) in [5, 5.41) is 4.11. The first-order chi connectivity index (χ1) is 5.83. The van der Waals surface area contributed by atoms with Crippen molar-refractivity contribution in [2.24, 2.45) is 5.29 Å². The van der Waals surface area contributed by atoms with Crippen LogP contribution in [0.15, 0.2) is 29.7 Å². The SMILES string of the molecule is CN(CCc1ccccn1)N=O. The molecule has 0 fully saturated rings. The van der Waals surface area contributed by atoms with Gasteiger partial charge in [0.25, 0.3) is 0 Å². The lowest BCUT2D eigenvalue weighted by molar-refractivity contribution is 0.352. The zero-order valence-electron chi connectivity index (χ0n) is 6.97. The maximum absolute atomic E-state index is 9.98. The van der Waals surface area contributed by atoms with Crippen molar-refractivity contribution in [1.82, 2.24) is 9.99 Å². The standard InChI is InChI=1S/C8H11N3O/c1-11(10-12)7-5-8-4-2-3-6-9-8/h2-4,6H,5,7H2,1H3. The highest BCUT2D eigenvalue weighted by Crippen LogP contribution is 1.95. The van der Waals surface area contributed by atoms with E-state index in [1.54, 1.807) is 13.2 Å². The molecule has 0 saturated heterocycles. The fourth-order valence-electron chi connectivity index (χ4n) is 0.863. The van der Waals surface area contributed by atoms with Crippen molar-refractivity contribution in [2.75, 3.05) is 13.6 Å². The number of aromatic nitrogens is 1. The Morgan fingerprint density at radius 2 is 2.42 bits per heavy atom. The molecule has 0 amide bonds. The second-order valence-electron chi connectivity index (χ2n) is 2.53. The number of nitroso groups, excluding NO2 is 1. The highest BCUT2D eigenvalue weighted by atomic mass is 16.3. The lowest BCUT2D eigenvalue weighted by Gasteiger charge is -2.06. The van der Waals surface area contributed by atoms with Crippen molar-refractivity contribution in [2.45, 2.75) is 6.42 Å². The first-order valence-electron chi connectivity index (χ1n) is 3.77. The molecule has 0 aliphatic heterocycles. The molecule has 4 nitrogen and oxygen atoms in total. The van der Waals surface area contributed by atoms with Crippen molar-refractivity contribution in [3.8, 4) is 0 Å². The molecule has 0 saturated carbocycles. The van der Waals surface area contributed by atoms with Crippen molar-refractivity contribution < 1.29 is 0 Å². The molecule has 1 heterocycles. The summed E-state index contributed by atoms with van der Waals surface area (Å²) < 4.78 is 0. The van der Waals surface area contributed by atoms with E-state index in [1.165, 1.54) is 5.01 Å². The van der Waals surface area contributed by atoms with Gasteiger partial charge in [-0.3, -0.25) is 9.99 Å². The minimum absolute atomic E-state index is 0.612. The number of rotatable bonds is 4. The van der Waals surface area contributed by atoms with Gasteiger partial charge in [0, 0.05) is 31.9 Å². The molecule has 0 spiro atoms. The van der Waals surface area contributed by atoms with Crippen LogP contribution in [0.25, 0.3) is 0 Å². The van der Waals surface area contributed by atoms with Crippen LogP contribution >= 0.6 is 0 Å². The maximum Gasteiger partial charge on any atom is 0.0521 e. The van der Waals surface area contributed by atoms with Crippen LogP contribution in [-0.2, 0) is 6.42 Å². The molecule has 1 aromatic heterocycles. The molecule has 0 aliphatic rings. The van der Waals surface area contributed by atoms with Gasteiger partial charge in [-0.2, -0.15) is 0 Å². The van der Waals surface area contributed by atoms with E-state index in [0.717, 1.165) is 12.1 Å². The molecule has 4 heteroatoms. The third kappa shape index (κ3) is 2.65. The summed E-state index contributed by atoms with van der Waals surface area (Å²) in [7, 11) is 1.65. The third-order valence-electron chi connectivity index (χ3n) is 1.56.